The number of hydrogen-bond acceptors (Lipinski definition) is 6. The van der Waals surface area contributed by atoms with Crippen molar-refractivity contribution in [2.24, 2.45) is 0 Å². The lowest BCUT2D eigenvalue weighted by Gasteiger charge is -2.18. The second-order valence-electron chi connectivity index (χ2n) is 18.1. The van der Waals surface area contributed by atoms with Crippen LogP contribution >= 0.6 is 0 Å². The van der Waals surface area contributed by atoms with E-state index >= 15 is 0 Å². The highest BCUT2D eigenvalue weighted by Gasteiger charge is 2.19. The molecule has 0 N–H and O–H groups in total. The number of rotatable bonds is 49. The van der Waals surface area contributed by atoms with E-state index in [-0.39, 0.29) is 37.5 Å². The third kappa shape index (κ3) is 50.1. The SMILES string of the molecule is CC/C=C\C/C=C\C/C=C\C/C=C\CCC(=O)OCC(COC(=O)CCCCCCCCCCCCCCCCCCCC)OC(=O)CCCCCCC/C=C\CCCCCCCC. The molecule has 6 heteroatoms. The largest absolute Gasteiger partial charge is 0.462 e. The van der Waals surface area contributed by atoms with E-state index in [0.717, 1.165) is 77.0 Å². The molecule has 0 aliphatic rings. The number of esters is 3. The fourth-order valence-electron chi connectivity index (χ4n) is 7.69. The van der Waals surface area contributed by atoms with Crippen molar-refractivity contribution in [3.8, 4) is 0 Å². The first-order valence-corrected chi connectivity index (χ1v) is 27.3. The number of carbonyl (C=O) groups is 3. The number of allylic oxidation sites excluding steroid dienone is 10. The van der Waals surface area contributed by atoms with Crippen molar-refractivity contribution in [2.45, 2.75) is 277 Å². The van der Waals surface area contributed by atoms with Gasteiger partial charge >= 0.3 is 17.9 Å². The topological polar surface area (TPSA) is 78.9 Å². The molecule has 0 radical (unpaired) electrons. The molecule has 0 saturated heterocycles. The molecule has 64 heavy (non-hydrogen) atoms. The Morgan fingerprint density at radius 1 is 0.328 bits per heavy atom. The van der Waals surface area contributed by atoms with Gasteiger partial charge in [0, 0.05) is 19.3 Å². The van der Waals surface area contributed by atoms with Gasteiger partial charge in [-0.25, -0.2) is 0 Å². The maximum absolute atomic E-state index is 12.8. The summed E-state index contributed by atoms with van der Waals surface area (Å²) < 4.78 is 16.8. The van der Waals surface area contributed by atoms with Gasteiger partial charge in [0.25, 0.3) is 0 Å². The molecular formula is C58H102O6. The van der Waals surface area contributed by atoms with Crippen LogP contribution < -0.4 is 0 Å². The summed E-state index contributed by atoms with van der Waals surface area (Å²) in [5.41, 5.74) is 0. The molecule has 370 valence electrons. The van der Waals surface area contributed by atoms with Crippen molar-refractivity contribution in [3.05, 3.63) is 60.8 Å². The second kappa shape index (κ2) is 52.7. The van der Waals surface area contributed by atoms with E-state index in [4.69, 9.17) is 14.2 Å². The Labute approximate surface area is 396 Å². The maximum Gasteiger partial charge on any atom is 0.306 e. The van der Waals surface area contributed by atoms with Crippen molar-refractivity contribution in [1.82, 2.24) is 0 Å². The van der Waals surface area contributed by atoms with Crippen LogP contribution in [0, 0.1) is 0 Å². The molecule has 0 aliphatic carbocycles. The molecule has 0 aromatic rings. The maximum atomic E-state index is 12.8. The number of ether oxygens (including phenoxy) is 3. The molecule has 1 atom stereocenters. The predicted molar refractivity (Wildman–Crippen MR) is 275 cm³/mol. The lowest BCUT2D eigenvalue weighted by molar-refractivity contribution is -0.166. The molecule has 1 unspecified atom stereocenters. The lowest BCUT2D eigenvalue weighted by atomic mass is 10.0. The van der Waals surface area contributed by atoms with Crippen molar-refractivity contribution in [3.63, 3.8) is 0 Å². The normalized spacial score (nSPS) is 12.5. The summed E-state index contributed by atoms with van der Waals surface area (Å²) >= 11 is 0. The van der Waals surface area contributed by atoms with Crippen LogP contribution in [0.3, 0.4) is 0 Å². The Bertz CT molecular complexity index is 1170. The first-order valence-electron chi connectivity index (χ1n) is 27.3. The predicted octanol–water partition coefficient (Wildman–Crippen LogP) is 18.0. The highest BCUT2D eigenvalue weighted by molar-refractivity contribution is 5.71. The van der Waals surface area contributed by atoms with E-state index in [1.54, 1.807) is 0 Å². The standard InChI is InChI=1S/C58H102O6/c1-4-7-10-13-16-19-22-25-27-28-29-31-33-36-39-42-45-48-51-57(60)63-54-55(53-62-56(59)50-47-44-41-38-35-32-24-21-18-15-12-9-6-3)64-58(61)52-49-46-43-40-37-34-30-26-23-20-17-14-11-8-5-2/h9,12,18,21,26,30,32,35,41,44,55H,4-8,10-11,13-17,19-20,22-25,27-29,31,33-34,36-40,42-43,45-54H2,1-3H3/b12-9-,21-18-,30-26-,35-32-,44-41-. The zero-order valence-corrected chi connectivity index (χ0v) is 42.3. The molecule has 0 aromatic heterocycles. The van der Waals surface area contributed by atoms with Gasteiger partial charge < -0.3 is 14.2 Å². The van der Waals surface area contributed by atoms with Crippen LogP contribution in [0.4, 0.5) is 0 Å². The van der Waals surface area contributed by atoms with E-state index in [1.807, 2.05) is 6.08 Å². The molecule has 0 spiro atoms. The van der Waals surface area contributed by atoms with E-state index in [0.29, 0.717) is 19.3 Å². The highest BCUT2D eigenvalue weighted by Crippen LogP contribution is 2.16. The van der Waals surface area contributed by atoms with Gasteiger partial charge in [0.15, 0.2) is 6.10 Å². The average molecular weight is 895 g/mol. The van der Waals surface area contributed by atoms with Crippen LogP contribution in [0.25, 0.3) is 0 Å². The molecule has 0 amide bonds. The molecule has 0 aromatic carbocycles. The summed E-state index contributed by atoms with van der Waals surface area (Å²) in [4.78, 5) is 38.0. The summed E-state index contributed by atoms with van der Waals surface area (Å²) in [6.07, 6.45) is 65.1. The lowest BCUT2D eigenvalue weighted by Crippen LogP contribution is -2.30. The van der Waals surface area contributed by atoms with Gasteiger partial charge in [-0.05, 0) is 70.6 Å². The quantitative estimate of drug-likeness (QED) is 0.0262. The fourth-order valence-corrected chi connectivity index (χ4v) is 7.69. The summed E-state index contributed by atoms with van der Waals surface area (Å²) in [7, 11) is 0. The first-order chi connectivity index (χ1) is 31.5. The Morgan fingerprint density at radius 3 is 1.05 bits per heavy atom. The van der Waals surface area contributed by atoms with E-state index in [2.05, 4.69) is 75.5 Å². The first kappa shape index (κ1) is 61.1. The van der Waals surface area contributed by atoms with Gasteiger partial charge in [-0.1, -0.05) is 242 Å². The van der Waals surface area contributed by atoms with E-state index in [9.17, 15) is 14.4 Å². The molecule has 0 heterocycles. The summed E-state index contributed by atoms with van der Waals surface area (Å²) in [6, 6.07) is 0. The Hall–Kier alpha value is -2.89. The second-order valence-corrected chi connectivity index (χ2v) is 18.1. The summed E-state index contributed by atoms with van der Waals surface area (Å²) in [6.45, 7) is 6.47. The van der Waals surface area contributed by atoms with Crippen molar-refractivity contribution in [1.29, 1.82) is 0 Å². The van der Waals surface area contributed by atoms with E-state index < -0.39 is 6.10 Å². The van der Waals surface area contributed by atoms with E-state index in [1.165, 1.54) is 148 Å². The molecule has 0 bridgehead atoms. The minimum Gasteiger partial charge on any atom is -0.462 e. The van der Waals surface area contributed by atoms with Crippen LogP contribution in [-0.2, 0) is 28.6 Å². The average Bonchev–Trinajstić information content (AvgIpc) is 3.29. The van der Waals surface area contributed by atoms with Gasteiger partial charge in [-0.2, -0.15) is 0 Å². The van der Waals surface area contributed by atoms with Gasteiger partial charge in [-0.3, -0.25) is 14.4 Å². The molecule has 0 fully saturated rings. The smallest absolute Gasteiger partial charge is 0.306 e. The fraction of sp³-hybridized carbons (Fsp3) is 0.776. The summed E-state index contributed by atoms with van der Waals surface area (Å²) in [5.74, 6) is -0.982. The van der Waals surface area contributed by atoms with Gasteiger partial charge in [-0.15, -0.1) is 0 Å². The highest BCUT2D eigenvalue weighted by atomic mass is 16.6. The van der Waals surface area contributed by atoms with Crippen LogP contribution in [0.1, 0.15) is 271 Å². The van der Waals surface area contributed by atoms with Crippen molar-refractivity contribution in [2.75, 3.05) is 13.2 Å². The summed E-state index contributed by atoms with van der Waals surface area (Å²) in [5, 5.41) is 0. The Balaban J connectivity index is 4.41. The minimum absolute atomic E-state index is 0.0971. The van der Waals surface area contributed by atoms with Crippen molar-refractivity contribution < 1.29 is 28.6 Å². The molecule has 6 nitrogen and oxygen atoms in total. The minimum atomic E-state index is -0.804. The van der Waals surface area contributed by atoms with Gasteiger partial charge in [0.1, 0.15) is 13.2 Å². The van der Waals surface area contributed by atoms with Crippen LogP contribution in [0.2, 0.25) is 0 Å². The molecule has 0 rings (SSSR count). The van der Waals surface area contributed by atoms with Gasteiger partial charge in [0.05, 0.1) is 0 Å². The zero-order valence-electron chi connectivity index (χ0n) is 42.3. The van der Waals surface area contributed by atoms with Crippen LogP contribution in [-0.4, -0.2) is 37.2 Å². The van der Waals surface area contributed by atoms with Gasteiger partial charge in [0.2, 0.25) is 0 Å². The molecule has 0 aliphatic heterocycles. The number of hydrogen-bond donors (Lipinski definition) is 0. The van der Waals surface area contributed by atoms with Crippen molar-refractivity contribution >= 4 is 17.9 Å². The zero-order chi connectivity index (χ0) is 46.5. The van der Waals surface area contributed by atoms with Crippen LogP contribution in [0.15, 0.2) is 60.8 Å². The Kier molecular flexibility index (Phi) is 50.4. The number of unbranched alkanes of at least 4 members (excludes halogenated alkanes) is 28. The number of carbonyl (C=O) groups excluding carboxylic acids is 3. The van der Waals surface area contributed by atoms with Crippen LogP contribution in [0.5, 0.6) is 0 Å². The third-order valence-corrected chi connectivity index (χ3v) is 11.8. The monoisotopic (exact) mass is 895 g/mol. The molecule has 0 saturated carbocycles. The molecular weight excluding hydrogens is 793 g/mol. The Morgan fingerprint density at radius 2 is 0.641 bits per heavy atom. The third-order valence-electron chi connectivity index (χ3n) is 11.8.